The average molecular weight is 427 g/mol. The third-order valence-electron chi connectivity index (χ3n) is 8.82. The van der Waals surface area contributed by atoms with Crippen molar-refractivity contribution in [2.75, 3.05) is 6.61 Å². The van der Waals surface area contributed by atoms with Crippen LogP contribution in [-0.2, 0) is 4.74 Å². The van der Waals surface area contributed by atoms with E-state index < -0.39 is 18.4 Å². The molecule has 0 aromatic rings. The minimum Gasteiger partial charge on any atom is -0.372 e. The molecule has 0 saturated heterocycles. The first-order chi connectivity index (χ1) is 14.6. The van der Waals surface area contributed by atoms with Gasteiger partial charge in [-0.1, -0.05) is 58.8 Å². The second-order valence-corrected chi connectivity index (χ2v) is 10.9. The summed E-state index contributed by atoms with van der Waals surface area (Å²) < 4.78 is 35.2. The molecule has 3 saturated carbocycles. The minimum atomic E-state index is -1.11. The van der Waals surface area contributed by atoms with Crippen LogP contribution in [0.25, 0.3) is 0 Å². The molecule has 3 aliphatic carbocycles. The van der Waals surface area contributed by atoms with Gasteiger partial charge in [-0.15, -0.1) is 0 Å². The van der Waals surface area contributed by atoms with Crippen molar-refractivity contribution in [1.82, 2.24) is 0 Å². The van der Waals surface area contributed by atoms with Gasteiger partial charge in [0.25, 0.3) is 0 Å². The number of hydrogen-bond donors (Lipinski definition) is 0. The Morgan fingerprint density at radius 1 is 0.633 bits per heavy atom. The summed E-state index contributed by atoms with van der Waals surface area (Å²) in [6.07, 6.45) is 15.9. The minimum absolute atomic E-state index is 0.233. The third kappa shape index (κ3) is 6.91. The molecular weight excluding hydrogens is 378 g/mol. The lowest BCUT2D eigenvalue weighted by Crippen LogP contribution is -2.44. The Morgan fingerprint density at radius 3 is 1.70 bits per heavy atom. The largest absolute Gasteiger partial charge is 0.372 e. The molecule has 1 nitrogen and oxygen atoms in total. The SMILES string of the molecule is CCCCCCOC1C(F)CC(C2CCC(C3CCC(CCC)CC3)CC2)CC1F. The highest BCUT2D eigenvalue weighted by molar-refractivity contribution is 4.92. The van der Waals surface area contributed by atoms with Gasteiger partial charge in [-0.2, -0.15) is 0 Å². The van der Waals surface area contributed by atoms with Crippen LogP contribution in [0, 0.1) is 29.6 Å². The molecule has 2 unspecified atom stereocenters. The monoisotopic (exact) mass is 426 g/mol. The van der Waals surface area contributed by atoms with Crippen LogP contribution in [0.3, 0.4) is 0 Å². The summed E-state index contributed by atoms with van der Waals surface area (Å²) in [4.78, 5) is 0. The summed E-state index contributed by atoms with van der Waals surface area (Å²) in [5, 5.41) is 0. The van der Waals surface area contributed by atoms with Gasteiger partial charge >= 0.3 is 0 Å². The fraction of sp³-hybridized carbons (Fsp3) is 1.00. The lowest BCUT2D eigenvalue weighted by atomic mass is 9.65. The molecule has 2 atom stereocenters. The van der Waals surface area contributed by atoms with E-state index in [2.05, 4.69) is 13.8 Å². The normalized spacial score (nSPS) is 40.4. The zero-order chi connectivity index (χ0) is 21.3. The van der Waals surface area contributed by atoms with Crippen LogP contribution in [0.5, 0.6) is 0 Å². The van der Waals surface area contributed by atoms with Crippen LogP contribution in [0.2, 0.25) is 0 Å². The van der Waals surface area contributed by atoms with Crippen molar-refractivity contribution in [3.05, 3.63) is 0 Å². The van der Waals surface area contributed by atoms with Crippen LogP contribution in [0.1, 0.15) is 117 Å². The Hall–Kier alpha value is -0.180. The van der Waals surface area contributed by atoms with Crippen molar-refractivity contribution < 1.29 is 13.5 Å². The second kappa shape index (κ2) is 12.8. The van der Waals surface area contributed by atoms with E-state index in [1.807, 2.05) is 0 Å². The summed E-state index contributed by atoms with van der Waals surface area (Å²) in [5.74, 6) is 3.57. The number of hydrogen-bond acceptors (Lipinski definition) is 1. The Labute approximate surface area is 185 Å². The smallest absolute Gasteiger partial charge is 0.129 e. The lowest BCUT2D eigenvalue weighted by Gasteiger charge is -2.42. The van der Waals surface area contributed by atoms with Gasteiger partial charge < -0.3 is 4.74 Å². The van der Waals surface area contributed by atoms with E-state index in [1.54, 1.807) is 0 Å². The molecule has 0 amide bonds. The van der Waals surface area contributed by atoms with Crippen molar-refractivity contribution in [1.29, 1.82) is 0 Å². The highest BCUT2D eigenvalue weighted by Gasteiger charge is 2.43. The van der Waals surface area contributed by atoms with Crippen molar-refractivity contribution >= 4 is 0 Å². The summed E-state index contributed by atoms with van der Waals surface area (Å²) in [6, 6.07) is 0. The van der Waals surface area contributed by atoms with Gasteiger partial charge in [0, 0.05) is 6.61 Å². The topological polar surface area (TPSA) is 9.23 Å². The van der Waals surface area contributed by atoms with E-state index in [0.29, 0.717) is 25.4 Å². The first kappa shape index (κ1) is 24.5. The molecule has 3 fully saturated rings. The molecule has 0 N–H and O–H groups in total. The van der Waals surface area contributed by atoms with Crippen molar-refractivity contribution in [2.45, 2.75) is 135 Å². The third-order valence-corrected chi connectivity index (χ3v) is 8.82. The quantitative estimate of drug-likeness (QED) is 0.318. The Morgan fingerprint density at radius 2 is 1.17 bits per heavy atom. The van der Waals surface area contributed by atoms with Gasteiger partial charge in [-0.3, -0.25) is 0 Å². The van der Waals surface area contributed by atoms with E-state index in [4.69, 9.17) is 4.74 Å². The van der Waals surface area contributed by atoms with Gasteiger partial charge in [-0.05, 0) is 87.4 Å². The van der Waals surface area contributed by atoms with Gasteiger partial charge in [-0.25, -0.2) is 8.78 Å². The standard InChI is InChI=1S/C27H48F2O/c1-3-5-6-7-17-30-27-25(28)18-24(19-26(27)29)23-15-13-22(14-16-23)21-11-9-20(8-4-2)10-12-21/h20-27H,3-19H2,1-2H3. The molecule has 0 bridgehead atoms. The molecule has 30 heavy (non-hydrogen) atoms. The van der Waals surface area contributed by atoms with Crippen LogP contribution in [0.15, 0.2) is 0 Å². The van der Waals surface area contributed by atoms with Crippen LogP contribution in [-0.4, -0.2) is 25.1 Å². The maximum Gasteiger partial charge on any atom is 0.129 e. The fourth-order valence-corrected chi connectivity index (χ4v) is 6.96. The van der Waals surface area contributed by atoms with Crippen LogP contribution < -0.4 is 0 Å². The predicted octanol–water partition coefficient (Wildman–Crippen LogP) is 8.45. The molecule has 0 aromatic heterocycles. The Balaban J connectivity index is 1.37. The number of alkyl halides is 2. The molecule has 3 rings (SSSR count). The van der Waals surface area contributed by atoms with Crippen LogP contribution >= 0.6 is 0 Å². The first-order valence-corrected chi connectivity index (χ1v) is 13.5. The summed E-state index contributed by atoms with van der Waals surface area (Å²) in [6.45, 7) is 5.00. The van der Waals surface area contributed by atoms with Gasteiger partial charge in [0.1, 0.15) is 18.4 Å². The average Bonchev–Trinajstić information content (AvgIpc) is 2.76. The second-order valence-electron chi connectivity index (χ2n) is 10.9. The van der Waals surface area contributed by atoms with E-state index in [1.165, 1.54) is 77.0 Å². The summed E-state index contributed by atoms with van der Waals surface area (Å²) >= 11 is 0. The van der Waals surface area contributed by atoms with Crippen molar-refractivity contribution in [2.24, 2.45) is 29.6 Å². The van der Waals surface area contributed by atoms with Crippen LogP contribution in [0.4, 0.5) is 8.78 Å². The molecule has 3 heteroatoms. The molecule has 0 aliphatic heterocycles. The Bertz CT molecular complexity index is 442. The summed E-state index contributed by atoms with van der Waals surface area (Å²) in [5.41, 5.74) is 0. The molecular formula is C27H48F2O. The molecule has 0 radical (unpaired) electrons. The van der Waals surface area contributed by atoms with E-state index >= 15 is 0 Å². The molecule has 0 spiro atoms. The van der Waals surface area contributed by atoms with E-state index in [0.717, 1.165) is 30.6 Å². The lowest BCUT2D eigenvalue weighted by molar-refractivity contribution is -0.0914. The first-order valence-electron chi connectivity index (χ1n) is 13.5. The number of halogens is 2. The fourth-order valence-electron chi connectivity index (χ4n) is 6.96. The molecule has 0 heterocycles. The highest BCUT2D eigenvalue weighted by Crippen LogP contribution is 2.46. The van der Waals surface area contributed by atoms with E-state index in [9.17, 15) is 8.78 Å². The Kier molecular flexibility index (Phi) is 10.4. The maximum atomic E-state index is 14.8. The van der Waals surface area contributed by atoms with Gasteiger partial charge in [0.05, 0.1) is 0 Å². The maximum absolute atomic E-state index is 14.8. The number of unbranched alkanes of at least 4 members (excludes halogenated alkanes) is 3. The number of ether oxygens (including phenoxy) is 1. The van der Waals surface area contributed by atoms with E-state index in [-0.39, 0.29) is 5.92 Å². The predicted molar refractivity (Wildman–Crippen MR) is 122 cm³/mol. The van der Waals surface area contributed by atoms with Gasteiger partial charge in [0.2, 0.25) is 0 Å². The molecule has 176 valence electrons. The number of rotatable bonds is 10. The zero-order valence-electron chi connectivity index (χ0n) is 19.8. The van der Waals surface area contributed by atoms with Crippen molar-refractivity contribution in [3.63, 3.8) is 0 Å². The molecule has 0 aromatic carbocycles. The molecule has 3 aliphatic rings. The van der Waals surface area contributed by atoms with Crippen molar-refractivity contribution in [3.8, 4) is 0 Å². The zero-order valence-corrected chi connectivity index (χ0v) is 19.8. The van der Waals surface area contributed by atoms with Gasteiger partial charge in [0.15, 0.2) is 0 Å². The summed E-state index contributed by atoms with van der Waals surface area (Å²) in [7, 11) is 0. The highest BCUT2D eigenvalue weighted by atomic mass is 19.1.